The van der Waals surface area contributed by atoms with Gasteiger partial charge in [-0.05, 0) is 35.7 Å². The van der Waals surface area contributed by atoms with E-state index in [0.29, 0.717) is 5.56 Å². The van der Waals surface area contributed by atoms with Gasteiger partial charge in [-0.2, -0.15) is 0 Å². The molecule has 0 fully saturated rings. The van der Waals surface area contributed by atoms with Crippen LogP contribution >= 0.6 is 0 Å². The van der Waals surface area contributed by atoms with Gasteiger partial charge >= 0.3 is 0 Å². The third-order valence-electron chi connectivity index (χ3n) is 3.47. The fraction of sp³-hybridized carbons (Fsp3) is 0.0556. The molecule has 0 aliphatic rings. The van der Waals surface area contributed by atoms with Gasteiger partial charge in [0.15, 0.2) is 0 Å². The summed E-state index contributed by atoms with van der Waals surface area (Å²) >= 11 is 0. The van der Waals surface area contributed by atoms with Crippen molar-refractivity contribution in [3.63, 3.8) is 0 Å². The summed E-state index contributed by atoms with van der Waals surface area (Å²) < 4.78 is 0. The van der Waals surface area contributed by atoms with Crippen LogP contribution in [0, 0.1) is 0 Å². The Bertz CT molecular complexity index is 773. The Morgan fingerprint density at radius 3 is 2.33 bits per heavy atom. The van der Waals surface area contributed by atoms with Gasteiger partial charge in [-0.1, -0.05) is 36.4 Å². The maximum atomic E-state index is 12.3. The molecule has 0 saturated carbocycles. The van der Waals surface area contributed by atoms with E-state index >= 15 is 0 Å². The van der Waals surface area contributed by atoms with Crippen LogP contribution in [-0.2, 0) is 0 Å². The summed E-state index contributed by atoms with van der Waals surface area (Å²) in [7, 11) is 1.85. The van der Waals surface area contributed by atoms with Crippen molar-refractivity contribution in [3.05, 3.63) is 72.3 Å². The summed E-state index contributed by atoms with van der Waals surface area (Å²) in [4.78, 5) is 12.3. The van der Waals surface area contributed by atoms with Gasteiger partial charge in [0.1, 0.15) is 0 Å². The average Bonchev–Trinajstić information content (AvgIpc) is 2.55. The summed E-state index contributed by atoms with van der Waals surface area (Å²) in [6.45, 7) is 0. The highest BCUT2D eigenvalue weighted by Gasteiger charge is 2.07. The second kappa shape index (κ2) is 5.67. The SMILES string of the molecule is CNc1ccc(C(=O)Nc2cccc3ccccc23)cc1. The highest BCUT2D eigenvalue weighted by molar-refractivity contribution is 6.09. The molecule has 0 heterocycles. The molecular formula is C18H16N2O. The van der Waals surface area contributed by atoms with E-state index in [2.05, 4.69) is 10.6 Å². The zero-order valence-electron chi connectivity index (χ0n) is 11.8. The summed E-state index contributed by atoms with van der Waals surface area (Å²) in [6.07, 6.45) is 0. The molecule has 0 aliphatic heterocycles. The summed E-state index contributed by atoms with van der Waals surface area (Å²) in [5, 5.41) is 8.17. The van der Waals surface area contributed by atoms with Crippen LogP contribution in [0.5, 0.6) is 0 Å². The van der Waals surface area contributed by atoms with Crippen LogP contribution in [0.15, 0.2) is 66.7 Å². The maximum absolute atomic E-state index is 12.3. The lowest BCUT2D eigenvalue weighted by molar-refractivity contribution is 0.102. The van der Waals surface area contributed by atoms with E-state index < -0.39 is 0 Å². The minimum absolute atomic E-state index is 0.103. The molecule has 0 bridgehead atoms. The number of rotatable bonds is 3. The number of hydrogen-bond donors (Lipinski definition) is 2. The van der Waals surface area contributed by atoms with Crippen molar-refractivity contribution in [1.82, 2.24) is 0 Å². The van der Waals surface area contributed by atoms with Crippen molar-refractivity contribution in [2.45, 2.75) is 0 Å². The van der Waals surface area contributed by atoms with Gasteiger partial charge in [0, 0.05) is 29.4 Å². The second-order valence-corrected chi connectivity index (χ2v) is 4.81. The van der Waals surface area contributed by atoms with E-state index in [0.717, 1.165) is 22.1 Å². The zero-order chi connectivity index (χ0) is 14.7. The van der Waals surface area contributed by atoms with Crippen LogP contribution in [0.2, 0.25) is 0 Å². The molecule has 0 spiro atoms. The van der Waals surface area contributed by atoms with E-state index in [1.807, 2.05) is 73.8 Å². The topological polar surface area (TPSA) is 41.1 Å². The first-order chi connectivity index (χ1) is 10.3. The summed E-state index contributed by atoms with van der Waals surface area (Å²) in [5.41, 5.74) is 2.45. The van der Waals surface area contributed by atoms with Crippen molar-refractivity contribution in [1.29, 1.82) is 0 Å². The van der Waals surface area contributed by atoms with Crippen LogP contribution in [0.3, 0.4) is 0 Å². The lowest BCUT2D eigenvalue weighted by atomic mass is 10.1. The normalized spacial score (nSPS) is 10.3. The van der Waals surface area contributed by atoms with Crippen molar-refractivity contribution in [2.24, 2.45) is 0 Å². The molecule has 0 aliphatic carbocycles. The lowest BCUT2D eigenvalue weighted by Crippen LogP contribution is -2.12. The number of carbonyl (C=O) groups is 1. The van der Waals surface area contributed by atoms with E-state index in [9.17, 15) is 4.79 Å². The fourth-order valence-electron chi connectivity index (χ4n) is 2.32. The molecule has 0 saturated heterocycles. The third kappa shape index (κ3) is 2.72. The number of fused-ring (bicyclic) bond motifs is 1. The molecule has 3 aromatic carbocycles. The monoisotopic (exact) mass is 276 g/mol. The number of amides is 1. The Morgan fingerprint density at radius 1 is 0.857 bits per heavy atom. The lowest BCUT2D eigenvalue weighted by Gasteiger charge is -2.09. The first-order valence-electron chi connectivity index (χ1n) is 6.85. The fourth-order valence-corrected chi connectivity index (χ4v) is 2.32. The van der Waals surface area contributed by atoms with Gasteiger partial charge in [0.25, 0.3) is 5.91 Å². The summed E-state index contributed by atoms with van der Waals surface area (Å²) in [6, 6.07) is 21.3. The Morgan fingerprint density at radius 2 is 1.57 bits per heavy atom. The van der Waals surface area contributed by atoms with Crippen molar-refractivity contribution in [2.75, 3.05) is 17.7 Å². The smallest absolute Gasteiger partial charge is 0.255 e. The Balaban J connectivity index is 1.89. The quantitative estimate of drug-likeness (QED) is 0.755. The van der Waals surface area contributed by atoms with Crippen LogP contribution in [0.4, 0.5) is 11.4 Å². The number of anilines is 2. The predicted molar refractivity (Wildman–Crippen MR) is 87.9 cm³/mol. The molecule has 3 aromatic rings. The molecule has 3 rings (SSSR count). The number of hydrogen-bond acceptors (Lipinski definition) is 2. The molecule has 3 heteroatoms. The molecule has 0 aromatic heterocycles. The van der Waals surface area contributed by atoms with Crippen LogP contribution in [0.1, 0.15) is 10.4 Å². The third-order valence-corrected chi connectivity index (χ3v) is 3.47. The average molecular weight is 276 g/mol. The number of nitrogens with one attached hydrogen (secondary N) is 2. The van der Waals surface area contributed by atoms with E-state index in [1.54, 1.807) is 0 Å². The molecule has 0 unspecified atom stereocenters. The molecule has 3 nitrogen and oxygen atoms in total. The van der Waals surface area contributed by atoms with Gasteiger partial charge in [0.2, 0.25) is 0 Å². The number of benzene rings is 3. The highest BCUT2D eigenvalue weighted by atomic mass is 16.1. The van der Waals surface area contributed by atoms with Gasteiger partial charge < -0.3 is 10.6 Å². The Hall–Kier alpha value is -2.81. The second-order valence-electron chi connectivity index (χ2n) is 4.81. The van der Waals surface area contributed by atoms with Crippen molar-refractivity contribution < 1.29 is 4.79 Å². The van der Waals surface area contributed by atoms with Crippen LogP contribution < -0.4 is 10.6 Å². The first kappa shape index (κ1) is 13.2. The molecule has 0 atom stereocenters. The van der Waals surface area contributed by atoms with Crippen LogP contribution in [-0.4, -0.2) is 13.0 Å². The minimum atomic E-state index is -0.103. The Kier molecular flexibility index (Phi) is 3.56. The number of carbonyl (C=O) groups excluding carboxylic acids is 1. The summed E-state index contributed by atoms with van der Waals surface area (Å²) in [5.74, 6) is -0.103. The van der Waals surface area contributed by atoms with Gasteiger partial charge in [0.05, 0.1) is 0 Å². The van der Waals surface area contributed by atoms with Crippen LogP contribution in [0.25, 0.3) is 10.8 Å². The molecule has 1 amide bonds. The van der Waals surface area contributed by atoms with Gasteiger partial charge in [-0.3, -0.25) is 4.79 Å². The predicted octanol–water partition coefficient (Wildman–Crippen LogP) is 4.13. The Labute approximate surface area is 123 Å². The van der Waals surface area contributed by atoms with E-state index in [4.69, 9.17) is 0 Å². The van der Waals surface area contributed by atoms with Gasteiger partial charge in [-0.15, -0.1) is 0 Å². The largest absolute Gasteiger partial charge is 0.388 e. The molecular weight excluding hydrogens is 260 g/mol. The standard InChI is InChI=1S/C18H16N2O/c1-19-15-11-9-14(10-12-15)18(21)20-17-8-4-6-13-5-2-3-7-16(13)17/h2-12,19H,1H3,(H,20,21). The first-order valence-corrected chi connectivity index (χ1v) is 6.85. The van der Waals surface area contributed by atoms with Crippen molar-refractivity contribution in [3.8, 4) is 0 Å². The molecule has 0 radical (unpaired) electrons. The zero-order valence-corrected chi connectivity index (χ0v) is 11.8. The molecule has 21 heavy (non-hydrogen) atoms. The maximum Gasteiger partial charge on any atom is 0.255 e. The minimum Gasteiger partial charge on any atom is -0.388 e. The van der Waals surface area contributed by atoms with Gasteiger partial charge in [-0.25, -0.2) is 0 Å². The van der Waals surface area contributed by atoms with E-state index in [1.165, 1.54) is 0 Å². The van der Waals surface area contributed by atoms with Crippen molar-refractivity contribution >= 4 is 28.1 Å². The molecule has 2 N–H and O–H groups in total. The molecule has 104 valence electrons. The van der Waals surface area contributed by atoms with E-state index in [-0.39, 0.29) is 5.91 Å². The highest BCUT2D eigenvalue weighted by Crippen LogP contribution is 2.23.